The summed E-state index contributed by atoms with van der Waals surface area (Å²) in [6, 6.07) is 16.6. The fourth-order valence-electron chi connectivity index (χ4n) is 3.43. The molecule has 6 nitrogen and oxygen atoms in total. The van der Waals surface area contributed by atoms with E-state index < -0.39 is 0 Å². The van der Waals surface area contributed by atoms with Gasteiger partial charge in [-0.05, 0) is 29.5 Å². The Kier molecular flexibility index (Phi) is 5.51. The topological polar surface area (TPSA) is 68.0 Å². The van der Waals surface area contributed by atoms with E-state index in [1.54, 1.807) is 6.21 Å². The lowest BCUT2D eigenvalue weighted by Gasteiger charge is -2.06. The molecule has 29 heavy (non-hydrogen) atoms. The number of rotatable bonds is 7. The average molecular weight is 387 g/mol. The Morgan fingerprint density at radius 2 is 1.86 bits per heavy atom. The maximum absolute atomic E-state index is 4.70. The molecule has 0 bridgehead atoms. The van der Waals surface area contributed by atoms with E-state index >= 15 is 0 Å². The van der Waals surface area contributed by atoms with E-state index in [0.717, 1.165) is 47.0 Å². The van der Waals surface area contributed by atoms with Crippen LogP contribution in [-0.4, -0.2) is 26.0 Å². The fourth-order valence-corrected chi connectivity index (χ4v) is 3.43. The van der Waals surface area contributed by atoms with Gasteiger partial charge in [0.05, 0.1) is 11.7 Å². The van der Waals surface area contributed by atoms with Crippen LogP contribution < -0.4 is 5.43 Å². The molecule has 0 aliphatic carbocycles. The van der Waals surface area contributed by atoms with E-state index in [9.17, 15) is 0 Å². The number of unbranched alkanes of at least 4 members (excludes halogenated alkanes) is 1. The number of fused-ring (bicyclic) bond motifs is 3. The summed E-state index contributed by atoms with van der Waals surface area (Å²) in [6.07, 6.45) is 3.98. The van der Waals surface area contributed by atoms with Crippen LogP contribution in [0.4, 0.5) is 5.95 Å². The van der Waals surface area contributed by atoms with Gasteiger partial charge in [-0.3, -0.25) is 0 Å². The van der Waals surface area contributed by atoms with Gasteiger partial charge >= 0.3 is 0 Å². The molecule has 0 fully saturated rings. The molecule has 2 heterocycles. The molecule has 0 radical (unpaired) electrons. The van der Waals surface area contributed by atoms with Gasteiger partial charge in [0.1, 0.15) is 5.52 Å². The van der Waals surface area contributed by atoms with Crippen molar-refractivity contribution < 1.29 is 0 Å². The van der Waals surface area contributed by atoms with Crippen molar-refractivity contribution in [3.05, 3.63) is 59.7 Å². The minimum atomic E-state index is 0.396. The van der Waals surface area contributed by atoms with Crippen molar-refractivity contribution in [2.24, 2.45) is 5.10 Å². The van der Waals surface area contributed by atoms with Crippen molar-refractivity contribution in [3.63, 3.8) is 0 Å². The Labute approximate surface area is 170 Å². The summed E-state index contributed by atoms with van der Waals surface area (Å²) < 4.78 is 2.22. The minimum absolute atomic E-state index is 0.396. The first-order chi connectivity index (χ1) is 14.2. The van der Waals surface area contributed by atoms with Crippen LogP contribution in [0.3, 0.4) is 0 Å². The van der Waals surface area contributed by atoms with Crippen molar-refractivity contribution >= 4 is 34.2 Å². The molecule has 0 unspecified atom stereocenters. The van der Waals surface area contributed by atoms with Gasteiger partial charge in [0, 0.05) is 11.9 Å². The molecule has 2 aromatic heterocycles. The number of nitrogens with one attached hydrogen (secondary N) is 1. The fraction of sp³-hybridized carbons (Fsp3) is 0.304. The highest BCUT2D eigenvalue weighted by molar-refractivity contribution is 6.04. The Balaban J connectivity index is 1.60. The lowest BCUT2D eigenvalue weighted by molar-refractivity contribution is 0.660. The summed E-state index contributed by atoms with van der Waals surface area (Å²) in [6.45, 7) is 7.47. The highest BCUT2D eigenvalue weighted by atomic mass is 15.4. The van der Waals surface area contributed by atoms with Gasteiger partial charge in [-0.25, -0.2) is 5.43 Å². The zero-order valence-corrected chi connectivity index (χ0v) is 17.1. The van der Waals surface area contributed by atoms with Gasteiger partial charge in [0.25, 0.3) is 5.95 Å². The van der Waals surface area contributed by atoms with Crippen molar-refractivity contribution in [2.75, 3.05) is 5.43 Å². The summed E-state index contributed by atoms with van der Waals surface area (Å²) in [7, 11) is 0. The lowest BCUT2D eigenvalue weighted by atomic mass is 10.0. The SMILES string of the molecule is CCCCn1c2ccccc2c2nnc(N/N=C/c3ccc(C(C)C)cc3)nc21. The smallest absolute Gasteiger partial charge is 0.265 e. The molecule has 0 aliphatic heterocycles. The molecule has 4 rings (SSSR count). The van der Waals surface area contributed by atoms with Crippen LogP contribution in [-0.2, 0) is 6.54 Å². The number of aryl methyl sites for hydroxylation is 1. The van der Waals surface area contributed by atoms with Crippen LogP contribution in [0.1, 0.15) is 50.7 Å². The van der Waals surface area contributed by atoms with E-state index in [1.807, 2.05) is 12.1 Å². The largest absolute Gasteiger partial charge is 0.324 e. The number of anilines is 1. The van der Waals surface area contributed by atoms with E-state index in [1.165, 1.54) is 5.56 Å². The zero-order chi connectivity index (χ0) is 20.2. The molecule has 0 atom stereocenters. The third-order valence-electron chi connectivity index (χ3n) is 5.09. The Hall–Kier alpha value is -3.28. The number of hydrogen-bond acceptors (Lipinski definition) is 5. The standard InChI is InChI=1S/C23H26N6/c1-4-5-14-29-20-9-7-6-8-19(20)21-22(29)25-23(28-26-21)27-24-15-17-10-12-18(13-11-17)16(2)3/h6-13,15-16H,4-5,14H2,1-3H3,(H,25,27,28)/b24-15+. The maximum atomic E-state index is 4.70. The number of aromatic nitrogens is 4. The van der Waals surface area contributed by atoms with Crippen molar-refractivity contribution in [2.45, 2.75) is 46.1 Å². The molecule has 0 spiro atoms. The van der Waals surface area contributed by atoms with Crippen LogP contribution in [0, 0.1) is 0 Å². The number of benzene rings is 2. The van der Waals surface area contributed by atoms with E-state index in [-0.39, 0.29) is 0 Å². The Bertz CT molecular complexity index is 1140. The molecule has 0 saturated carbocycles. The molecule has 0 aliphatic rings. The van der Waals surface area contributed by atoms with Crippen LogP contribution in [0.15, 0.2) is 53.6 Å². The Morgan fingerprint density at radius 3 is 2.62 bits per heavy atom. The summed E-state index contributed by atoms with van der Waals surface area (Å²) in [5, 5.41) is 14.0. The number of hydrogen-bond donors (Lipinski definition) is 1. The minimum Gasteiger partial charge on any atom is -0.324 e. The van der Waals surface area contributed by atoms with Crippen molar-refractivity contribution in [1.29, 1.82) is 0 Å². The quantitative estimate of drug-likeness (QED) is 0.343. The molecule has 4 aromatic rings. The van der Waals surface area contributed by atoms with Gasteiger partial charge in [-0.2, -0.15) is 10.1 Å². The van der Waals surface area contributed by atoms with Crippen LogP contribution in [0.25, 0.3) is 22.1 Å². The summed E-state index contributed by atoms with van der Waals surface area (Å²) in [5.74, 6) is 0.915. The number of hydrazone groups is 1. The highest BCUT2D eigenvalue weighted by Crippen LogP contribution is 2.26. The van der Waals surface area contributed by atoms with Crippen molar-refractivity contribution in [1.82, 2.24) is 19.7 Å². The van der Waals surface area contributed by atoms with E-state index in [2.05, 4.69) is 82.5 Å². The van der Waals surface area contributed by atoms with Gasteiger partial charge in [-0.15, -0.1) is 10.2 Å². The third-order valence-corrected chi connectivity index (χ3v) is 5.09. The molecular formula is C23H26N6. The maximum Gasteiger partial charge on any atom is 0.265 e. The first kappa shape index (κ1) is 19.1. The predicted octanol–water partition coefficient (Wildman–Crippen LogP) is 5.35. The van der Waals surface area contributed by atoms with Crippen LogP contribution in [0.5, 0.6) is 0 Å². The molecule has 0 saturated heterocycles. The first-order valence-corrected chi connectivity index (χ1v) is 10.2. The molecule has 2 aromatic carbocycles. The predicted molar refractivity (Wildman–Crippen MR) is 119 cm³/mol. The zero-order valence-electron chi connectivity index (χ0n) is 17.1. The monoisotopic (exact) mass is 386 g/mol. The van der Waals surface area contributed by atoms with Crippen molar-refractivity contribution in [3.8, 4) is 0 Å². The first-order valence-electron chi connectivity index (χ1n) is 10.2. The number of para-hydroxylation sites is 1. The molecule has 0 amide bonds. The van der Waals surface area contributed by atoms with Crippen LogP contribution in [0.2, 0.25) is 0 Å². The molecular weight excluding hydrogens is 360 g/mol. The van der Waals surface area contributed by atoms with Gasteiger partial charge in [0.2, 0.25) is 0 Å². The average Bonchev–Trinajstić information content (AvgIpc) is 3.05. The second-order valence-electron chi connectivity index (χ2n) is 7.52. The summed E-state index contributed by atoms with van der Waals surface area (Å²) >= 11 is 0. The third kappa shape index (κ3) is 3.97. The number of nitrogens with zero attached hydrogens (tertiary/aromatic N) is 5. The lowest BCUT2D eigenvalue weighted by Crippen LogP contribution is -2.03. The highest BCUT2D eigenvalue weighted by Gasteiger charge is 2.14. The summed E-state index contributed by atoms with van der Waals surface area (Å²) in [5.41, 5.74) is 8.07. The van der Waals surface area contributed by atoms with Gasteiger partial charge in [-0.1, -0.05) is 69.7 Å². The van der Waals surface area contributed by atoms with Gasteiger partial charge < -0.3 is 4.57 Å². The van der Waals surface area contributed by atoms with Gasteiger partial charge in [0.15, 0.2) is 5.65 Å². The molecule has 6 heteroatoms. The molecule has 1 N–H and O–H groups in total. The van der Waals surface area contributed by atoms with E-state index in [4.69, 9.17) is 4.98 Å². The normalized spacial score (nSPS) is 11.9. The second kappa shape index (κ2) is 8.39. The van der Waals surface area contributed by atoms with E-state index in [0.29, 0.717) is 11.9 Å². The molecule has 148 valence electrons. The second-order valence-corrected chi connectivity index (χ2v) is 7.52. The summed E-state index contributed by atoms with van der Waals surface area (Å²) in [4.78, 5) is 4.70. The van der Waals surface area contributed by atoms with Crippen LogP contribution >= 0.6 is 0 Å². The Morgan fingerprint density at radius 1 is 1.07 bits per heavy atom.